The fourth-order valence-corrected chi connectivity index (χ4v) is 4.34. The Kier molecular flexibility index (Phi) is 6.13. The van der Waals surface area contributed by atoms with Gasteiger partial charge in [0.05, 0.1) is 27.9 Å². The largest absolute Gasteiger partial charge is 0.467 e. The van der Waals surface area contributed by atoms with Crippen LogP contribution in [-0.2, 0) is 11.3 Å². The molecule has 7 nitrogen and oxygen atoms in total. The van der Waals surface area contributed by atoms with Gasteiger partial charge in [-0.1, -0.05) is 49.4 Å². The van der Waals surface area contributed by atoms with E-state index in [1.165, 1.54) is 29.5 Å². The maximum Gasteiger partial charge on any atom is 0.270 e. The summed E-state index contributed by atoms with van der Waals surface area (Å²) in [7, 11) is 0. The molecular weight excluding hydrogens is 426 g/mol. The molecule has 162 valence electrons. The van der Waals surface area contributed by atoms with Crippen LogP contribution in [0.2, 0.25) is 0 Å². The third kappa shape index (κ3) is 4.60. The number of benzene rings is 2. The second kappa shape index (κ2) is 9.15. The van der Waals surface area contributed by atoms with Crippen molar-refractivity contribution in [2.24, 2.45) is 0 Å². The van der Waals surface area contributed by atoms with Crippen LogP contribution in [0, 0.1) is 10.1 Å². The van der Waals surface area contributed by atoms with Crippen LogP contribution >= 0.6 is 11.3 Å². The number of para-hydroxylation sites is 1. The first-order chi connectivity index (χ1) is 15.4. The molecule has 8 heteroatoms. The van der Waals surface area contributed by atoms with E-state index in [1.807, 2.05) is 12.1 Å². The Morgan fingerprint density at radius 1 is 1.22 bits per heavy atom. The van der Waals surface area contributed by atoms with E-state index in [4.69, 9.17) is 9.40 Å². The molecule has 0 aliphatic rings. The van der Waals surface area contributed by atoms with E-state index in [-0.39, 0.29) is 18.1 Å². The summed E-state index contributed by atoms with van der Waals surface area (Å²) in [5.41, 5.74) is 2.56. The Balaban J connectivity index is 1.69. The summed E-state index contributed by atoms with van der Waals surface area (Å²) in [6, 6.07) is 15.8. The highest BCUT2D eigenvalue weighted by molar-refractivity contribution is 7.22. The van der Waals surface area contributed by atoms with Crippen molar-refractivity contribution in [2.75, 3.05) is 4.90 Å². The molecule has 0 atom stereocenters. The van der Waals surface area contributed by atoms with Crippen molar-refractivity contribution in [3.63, 3.8) is 0 Å². The molecule has 0 unspecified atom stereocenters. The van der Waals surface area contributed by atoms with Gasteiger partial charge in [-0.15, -0.1) is 0 Å². The number of rotatable bonds is 7. The van der Waals surface area contributed by atoms with Gasteiger partial charge in [-0.3, -0.25) is 19.8 Å². The molecule has 4 aromatic rings. The Morgan fingerprint density at radius 2 is 2.03 bits per heavy atom. The Hall–Kier alpha value is -3.78. The van der Waals surface area contributed by atoms with Crippen LogP contribution in [0.1, 0.15) is 36.7 Å². The predicted molar refractivity (Wildman–Crippen MR) is 126 cm³/mol. The van der Waals surface area contributed by atoms with Crippen molar-refractivity contribution in [1.82, 2.24) is 4.98 Å². The number of aromatic nitrogens is 1. The molecule has 2 aromatic carbocycles. The minimum Gasteiger partial charge on any atom is -0.467 e. The van der Waals surface area contributed by atoms with Gasteiger partial charge in [-0.2, -0.15) is 0 Å². The molecule has 0 N–H and O–H groups in total. The molecule has 32 heavy (non-hydrogen) atoms. The lowest BCUT2D eigenvalue weighted by atomic mass is 10.0. The number of hydrogen-bond donors (Lipinski definition) is 0. The monoisotopic (exact) mass is 447 g/mol. The van der Waals surface area contributed by atoms with Crippen molar-refractivity contribution >= 4 is 44.4 Å². The van der Waals surface area contributed by atoms with E-state index in [0.29, 0.717) is 22.4 Å². The van der Waals surface area contributed by atoms with Crippen LogP contribution in [0.25, 0.3) is 16.3 Å². The predicted octanol–water partition coefficient (Wildman–Crippen LogP) is 6.17. The second-order valence-electron chi connectivity index (χ2n) is 7.53. The highest BCUT2D eigenvalue weighted by atomic mass is 32.1. The minimum atomic E-state index is -0.462. The summed E-state index contributed by atoms with van der Waals surface area (Å²) < 4.78 is 6.47. The first kappa shape index (κ1) is 21.5. The fraction of sp³-hybridized carbons (Fsp3) is 0.167. The van der Waals surface area contributed by atoms with E-state index >= 15 is 0 Å². The first-order valence-corrected chi connectivity index (χ1v) is 10.9. The smallest absolute Gasteiger partial charge is 0.270 e. The Morgan fingerprint density at radius 3 is 2.75 bits per heavy atom. The summed E-state index contributed by atoms with van der Waals surface area (Å²) in [6.07, 6.45) is 4.53. The molecule has 0 aliphatic carbocycles. The van der Waals surface area contributed by atoms with Crippen molar-refractivity contribution in [3.05, 3.63) is 93.9 Å². The van der Waals surface area contributed by atoms with Crippen molar-refractivity contribution < 1.29 is 14.1 Å². The number of carbonyl (C=O) groups excluding carboxylic acids is 1. The topological polar surface area (TPSA) is 89.5 Å². The van der Waals surface area contributed by atoms with Gasteiger partial charge in [-0.05, 0) is 41.3 Å². The van der Waals surface area contributed by atoms with E-state index in [2.05, 4.69) is 19.9 Å². The normalized spacial score (nSPS) is 11.5. The molecule has 1 amide bonds. The van der Waals surface area contributed by atoms with Gasteiger partial charge in [0.15, 0.2) is 5.13 Å². The Bertz CT molecular complexity index is 1290. The number of nitro groups is 1. The van der Waals surface area contributed by atoms with Gasteiger partial charge in [0.1, 0.15) is 5.76 Å². The van der Waals surface area contributed by atoms with Crippen molar-refractivity contribution in [3.8, 4) is 0 Å². The lowest BCUT2D eigenvalue weighted by molar-refractivity contribution is -0.384. The lowest BCUT2D eigenvalue weighted by Gasteiger charge is -2.16. The number of fused-ring (bicyclic) bond motifs is 1. The Labute approximate surface area is 188 Å². The summed E-state index contributed by atoms with van der Waals surface area (Å²) in [4.78, 5) is 30.1. The van der Waals surface area contributed by atoms with E-state index in [9.17, 15) is 14.9 Å². The van der Waals surface area contributed by atoms with Crippen LogP contribution < -0.4 is 4.90 Å². The van der Waals surface area contributed by atoms with Crippen molar-refractivity contribution in [2.45, 2.75) is 26.3 Å². The molecule has 0 saturated carbocycles. The molecule has 2 aromatic heterocycles. The highest BCUT2D eigenvalue weighted by Gasteiger charge is 2.21. The van der Waals surface area contributed by atoms with Crippen LogP contribution in [0.3, 0.4) is 0 Å². The van der Waals surface area contributed by atoms with E-state index < -0.39 is 4.92 Å². The van der Waals surface area contributed by atoms with Crippen LogP contribution in [-0.4, -0.2) is 15.8 Å². The molecule has 0 spiro atoms. The number of hydrogen-bond acceptors (Lipinski definition) is 6. The molecular formula is C24H21N3O4S. The number of non-ortho nitro benzene ring substituents is 1. The van der Waals surface area contributed by atoms with E-state index in [1.54, 1.807) is 41.5 Å². The second-order valence-corrected chi connectivity index (χ2v) is 8.54. The minimum absolute atomic E-state index is 0.0283. The fourth-order valence-electron chi connectivity index (χ4n) is 3.34. The number of nitro benzene ring substituents is 1. The standard InChI is InChI=1S/C24H21N3O4S/c1-16(2)20-9-4-10-21-23(20)25-24(32-21)26(15-19-8-5-13-31-19)22(28)12-11-17-6-3-7-18(14-17)27(29)30/h3-14,16H,15H2,1-2H3/b12-11+. The summed E-state index contributed by atoms with van der Waals surface area (Å²) in [5.74, 6) is 0.639. The third-order valence-electron chi connectivity index (χ3n) is 4.95. The van der Waals surface area contributed by atoms with Crippen LogP contribution in [0.15, 0.2) is 71.4 Å². The molecule has 4 rings (SSSR count). The molecule has 0 aliphatic heterocycles. The zero-order chi connectivity index (χ0) is 22.7. The summed E-state index contributed by atoms with van der Waals surface area (Å²) in [6.45, 7) is 4.45. The molecule has 2 heterocycles. The number of thiazole rings is 1. The number of carbonyl (C=O) groups is 1. The maximum absolute atomic E-state index is 13.2. The first-order valence-electron chi connectivity index (χ1n) is 10.1. The number of furan rings is 1. The van der Waals surface area contributed by atoms with Gasteiger partial charge < -0.3 is 4.42 Å². The molecule has 0 saturated heterocycles. The maximum atomic E-state index is 13.2. The van der Waals surface area contributed by atoms with Crippen LogP contribution in [0.5, 0.6) is 0 Å². The zero-order valence-electron chi connectivity index (χ0n) is 17.6. The summed E-state index contributed by atoms with van der Waals surface area (Å²) >= 11 is 1.44. The number of nitrogens with zero attached hydrogens (tertiary/aromatic N) is 3. The van der Waals surface area contributed by atoms with Gasteiger partial charge >= 0.3 is 0 Å². The quantitative estimate of drug-likeness (QED) is 0.192. The van der Waals surface area contributed by atoms with Gasteiger partial charge in [0.2, 0.25) is 0 Å². The third-order valence-corrected chi connectivity index (χ3v) is 5.99. The molecule has 0 fully saturated rings. The van der Waals surface area contributed by atoms with E-state index in [0.717, 1.165) is 15.8 Å². The lowest BCUT2D eigenvalue weighted by Crippen LogP contribution is -2.28. The average molecular weight is 448 g/mol. The number of amides is 1. The highest BCUT2D eigenvalue weighted by Crippen LogP contribution is 2.34. The van der Waals surface area contributed by atoms with Crippen molar-refractivity contribution in [1.29, 1.82) is 0 Å². The van der Waals surface area contributed by atoms with Crippen LogP contribution in [0.4, 0.5) is 10.8 Å². The van der Waals surface area contributed by atoms with Gasteiger partial charge in [0, 0.05) is 18.2 Å². The summed E-state index contributed by atoms with van der Waals surface area (Å²) in [5, 5.41) is 11.6. The molecule has 0 bridgehead atoms. The molecule has 0 radical (unpaired) electrons. The SMILES string of the molecule is CC(C)c1cccc2sc(N(Cc3ccco3)C(=O)/C=C/c3cccc([N+](=O)[O-])c3)nc12. The van der Waals surface area contributed by atoms with Gasteiger partial charge in [-0.25, -0.2) is 4.98 Å². The average Bonchev–Trinajstić information content (AvgIpc) is 3.45. The van der Waals surface area contributed by atoms with Gasteiger partial charge in [0.25, 0.3) is 11.6 Å². The zero-order valence-corrected chi connectivity index (χ0v) is 18.4. The number of anilines is 1.